The van der Waals surface area contributed by atoms with E-state index >= 15 is 0 Å². The monoisotopic (exact) mass is 516 g/mol. The van der Waals surface area contributed by atoms with Crippen molar-refractivity contribution in [3.63, 3.8) is 0 Å². The second-order valence-electron chi connectivity index (χ2n) is 10.3. The molecule has 1 aromatic carbocycles. The summed E-state index contributed by atoms with van der Waals surface area (Å²) in [7, 11) is 4.30. The largest absolute Gasteiger partial charge is 0.476 e. The molecule has 0 unspecified atom stereocenters. The lowest BCUT2D eigenvalue weighted by atomic mass is 9.89. The van der Waals surface area contributed by atoms with Crippen LogP contribution in [0, 0.1) is 13.8 Å². The van der Waals surface area contributed by atoms with Crippen molar-refractivity contribution in [3.8, 4) is 5.88 Å². The van der Waals surface area contributed by atoms with Crippen LogP contribution in [0.5, 0.6) is 5.88 Å². The van der Waals surface area contributed by atoms with E-state index in [9.17, 15) is 9.59 Å². The number of anilines is 1. The van der Waals surface area contributed by atoms with Gasteiger partial charge < -0.3 is 24.8 Å². The van der Waals surface area contributed by atoms with E-state index in [4.69, 9.17) is 16.3 Å². The predicted molar refractivity (Wildman–Crippen MR) is 148 cm³/mol. The molecule has 36 heavy (non-hydrogen) atoms. The van der Waals surface area contributed by atoms with Crippen LogP contribution in [0.3, 0.4) is 0 Å². The summed E-state index contributed by atoms with van der Waals surface area (Å²) in [6.07, 6.45) is 4.43. The first-order valence-corrected chi connectivity index (χ1v) is 13.3. The molecule has 1 fully saturated rings. The summed E-state index contributed by atoms with van der Waals surface area (Å²) in [6.45, 7) is 10.6. The minimum atomic E-state index is -0.265. The normalized spacial score (nSPS) is 17.9. The van der Waals surface area contributed by atoms with Crippen molar-refractivity contribution in [2.45, 2.75) is 85.0 Å². The van der Waals surface area contributed by atoms with Crippen molar-refractivity contribution in [1.82, 2.24) is 15.2 Å². The topological polar surface area (TPSA) is 77.7 Å². The summed E-state index contributed by atoms with van der Waals surface area (Å²) >= 11 is 6.52. The summed E-state index contributed by atoms with van der Waals surface area (Å²) in [5, 5.41) is 3.44. The van der Waals surface area contributed by atoms with Crippen LogP contribution in [0.15, 0.2) is 23.0 Å². The Hall–Kier alpha value is -2.51. The maximum Gasteiger partial charge on any atom is 0.251 e. The van der Waals surface area contributed by atoms with Gasteiger partial charge in [0.25, 0.3) is 5.91 Å². The Bertz CT molecular complexity index is 1120. The van der Waals surface area contributed by atoms with E-state index in [-0.39, 0.29) is 24.0 Å². The highest BCUT2D eigenvalue weighted by Gasteiger charge is 2.28. The Labute approximate surface area is 220 Å². The Morgan fingerprint density at radius 3 is 2.36 bits per heavy atom. The molecule has 1 amide bonds. The fraction of sp³-hybridized carbons (Fsp3) is 0.571. The Balaban J connectivity index is 1.83. The van der Waals surface area contributed by atoms with Crippen molar-refractivity contribution in [2.24, 2.45) is 0 Å². The summed E-state index contributed by atoms with van der Waals surface area (Å²) in [6, 6.07) is 6.23. The molecule has 0 bridgehead atoms. The molecule has 3 rings (SSSR count). The SMILES string of the molecule is CCN(c1cc(Cl)cc(C(=O)NCc2c(OC(C)C)[nH]c(C)cc2=O)c1C)C1CCC(N(C)C)CC1. The summed E-state index contributed by atoms with van der Waals surface area (Å²) < 4.78 is 5.80. The first-order valence-electron chi connectivity index (χ1n) is 12.9. The second-order valence-corrected chi connectivity index (χ2v) is 10.7. The quantitative estimate of drug-likeness (QED) is 0.487. The van der Waals surface area contributed by atoms with E-state index < -0.39 is 0 Å². The molecule has 7 nitrogen and oxygen atoms in total. The maximum atomic E-state index is 13.3. The number of halogens is 1. The molecule has 0 atom stereocenters. The van der Waals surface area contributed by atoms with Crippen molar-refractivity contribution in [1.29, 1.82) is 0 Å². The molecule has 1 aromatic heterocycles. The second kappa shape index (κ2) is 12.2. The van der Waals surface area contributed by atoms with Crippen LogP contribution in [-0.2, 0) is 6.54 Å². The van der Waals surface area contributed by atoms with Crippen LogP contribution in [-0.4, -0.2) is 54.6 Å². The van der Waals surface area contributed by atoms with Gasteiger partial charge in [-0.3, -0.25) is 9.59 Å². The fourth-order valence-electron chi connectivity index (χ4n) is 5.16. The minimum Gasteiger partial charge on any atom is -0.476 e. The smallest absolute Gasteiger partial charge is 0.251 e. The van der Waals surface area contributed by atoms with E-state index in [1.54, 1.807) is 13.0 Å². The number of H-pyrrole nitrogens is 1. The van der Waals surface area contributed by atoms with E-state index in [0.717, 1.165) is 43.5 Å². The molecular formula is C28H41ClN4O3. The lowest BCUT2D eigenvalue weighted by molar-refractivity contribution is 0.0949. The zero-order valence-electron chi connectivity index (χ0n) is 22.7. The number of carbonyl (C=O) groups is 1. The molecule has 198 valence electrons. The van der Waals surface area contributed by atoms with Gasteiger partial charge in [0, 0.05) is 46.7 Å². The van der Waals surface area contributed by atoms with Crippen molar-refractivity contribution in [3.05, 3.63) is 55.8 Å². The average Bonchev–Trinajstić information content (AvgIpc) is 2.80. The molecule has 2 N–H and O–H groups in total. The molecule has 1 heterocycles. The molecular weight excluding hydrogens is 476 g/mol. The van der Waals surface area contributed by atoms with E-state index in [0.29, 0.717) is 39.8 Å². The Morgan fingerprint density at radius 2 is 1.78 bits per heavy atom. The van der Waals surface area contributed by atoms with E-state index in [1.165, 1.54) is 6.07 Å². The van der Waals surface area contributed by atoms with Gasteiger partial charge in [0.2, 0.25) is 0 Å². The molecule has 1 aliphatic carbocycles. The molecule has 0 aliphatic heterocycles. The number of carbonyl (C=O) groups excluding carboxylic acids is 1. The number of benzene rings is 1. The third-order valence-corrected chi connectivity index (χ3v) is 7.30. The van der Waals surface area contributed by atoms with Crippen LogP contribution < -0.4 is 20.4 Å². The first-order chi connectivity index (χ1) is 17.0. The summed E-state index contributed by atoms with van der Waals surface area (Å²) in [5.41, 5.74) is 3.35. The summed E-state index contributed by atoms with van der Waals surface area (Å²) in [4.78, 5) is 33.8. The van der Waals surface area contributed by atoms with Crippen LogP contribution >= 0.6 is 11.6 Å². The summed E-state index contributed by atoms with van der Waals surface area (Å²) in [5.74, 6) is 0.128. The maximum absolute atomic E-state index is 13.3. The first kappa shape index (κ1) is 28.1. The van der Waals surface area contributed by atoms with Crippen LogP contribution in [0.4, 0.5) is 5.69 Å². The fourth-order valence-corrected chi connectivity index (χ4v) is 5.38. The number of nitrogens with zero attached hydrogens (tertiary/aromatic N) is 2. The number of aromatic amines is 1. The van der Waals surface area contributed by atoms with Gasteiger partial charge in [0.15, 0.2) is 11.3 Å². The molecule has 1 saturated carbocycles. The number of aryl methyl sites for hydroxylation is 1. The van der Waals surface area contributed by atoms with Gasteiger partial charge in [-0.2, -0.15) is 0 Å². The lowest BCUT2D eigenvalue weighted by Gasteiger charge is -2.40. The van der Waals surface area contributed by atoms with Gasteiger partial charge in [-0.05, 0) is 92.1 Å². The Kier molecular flexibility index (Phi) is 9.47. The molecule has 0 saturated heterocycles. The van der Waals surface area contributed by atoms with Gasteiger partial charge >= 0.3 is 0 Å². The number of hydrogen-bond acceptors (Lipinski definition) is 5. The number of rotatable bonds is 9. The zero-order chi connectivity index (χ0) is 26.6. The number of nitrogens with one attached hydrogen (secondary N) is 2. The highest BCUT2D eigenvalue weighted by molar-refractivity contribution is 6.31. The standard InChI is InChI=1S/C28H41ClN4O3/c1-8-33(22-11-9-21(10-12-22)32(6)7)25-15-20(29)14-23(19(25)5)27(35)30-16-24-26(34)13-18(4)31-28(24)36-17(2)3/h13-15,17,21-22H,8-12,16H2,1-7H3,(H,30,35)(H,31,34). The number of amides is 1. The molecule has 0 spiro atoms. The van der Waals surface area contributed by atoms with Gasteiger partial charge in [-0.15, -0.1) is 0 Å². The zero-order valence-corrected chi connectivity index (χ0v) is 23.5. The molecule has 8 heteroatoms. The number of hydrogen-bond donors (Lipinski definition) is 2. The molecule has 2 aromatic rings. The van der Waals surface area contributed by atoms with Crippen LogP contribution in [0.1, 0.15) is 73.6 Å². The van der Waals surface area contributed by atoms with Gasteiger partial charge in [0.05, 0.1) is 18.2 Å². The minimum absolute atomic E-state index is 0.0594. The number of pyridine rings is 1. The average molecular weight is 517 g/mol. The van der Waals surface area contributed by atoms with Crippen LogP contribution in [0.2, 0.25) is 5.02 Å². The highest BCUT2D eigenvalue weighted by Crippen LogP contribution is 2.34. The number of ether oxygens (including phenoxy) is 1. The number of aromatic nitrogens is 1. The molecule has 1 aliphatic rings. The van der Waals surface area contributed by atoms with Crippen molar-refractivity contribution < 1.29 is 9.53 Å². The van der Waals surface area contributed by atoms with Gasteiger partial charge in [-0.25, -0.2) is 0 Å². The lowest BCUT2D eigenvalue weighted by Crippen LogP contribution is -2.42. The Morgan fingerprint density at radius 1 is 1.14 bits per heavy atom. The predicted octanol–water partition coefficient (Wildman–Crippen LogP) is 5.06. The van der Waals surface area contributed by atoms with Crippen LogP contribution in [0.25, 0.3) is 0 Å². The highest BCUT2D eigenvalue weighted by atomic mass is 35.5. The third-order valence-electron chi connectivity index (χ3n) is 7.09. The van der Waals surface area contributed by atoms with E-state index in [1.807, 2.05) is 26.8 Å². The van der Waals surface area contributed by atoms with Crippen molar-refractivity contribution >= 4 is 23.2 Å². The molecule has 0 radical (unpaired) electrons. The van der Waals surface area contributed by atoms with E-state index in [2.05, 4.69) is 41.1 Å². The third kappa shape index (κ3) is 6.62. The van der Waals surface area contributed by atoms with Gasteiger partial charge in [-0.1, -0.05) is 11.6 Å². The van der Waals surface area contributed by atoms with Crippen molar-refractivity contribution in [2.75, 3.05) is 25.5 Å². The van der Waals surface area contributed by atoms with Gasteiger partial charge in [0.1, 0.15) is 0 Å².